The van der Waals surface area contributed by atoms with Gasteiger partial charge in [0, 0.05) is 11.7 Å². The van der Waals surface area contributed by atoms with Crippen LogP contribution in [0.25, 0.3) is 0 Å². The third kappa shape index (κ3) is 1.88. The standard InChI is InChI=1S/C15H18BrN3O/c1-9(2)19-14(13(16)8-18-19)15(20)6-5-10-7-11(17)3-4-12(10)15/h3-4,7-9,20H,5-6,17H2,1-2H3. The third-order valence-corrected chi connectivity index (χ3v) is 4.54. The third-order valence-electron chi connectivity index (χ3n) is 3.96. The van der Waals surface area contributed by atoms with Gasteiger partial charge in [0.25, 0.3) is 0 Å². The van der Waals surface area contributed by atoms with Crippen molar-refractivity contribution in [2.45, 2.75) is 38.3 Å². The molecule has 0 bridgehead atoms. The molecule has 1 heterocycles. The second-order valence-electron chi connectivity index (χ2n) is 5.66. The molecule has 0 aliphatic heterocycles. The summed E-state index contributed by atoms with van der Waals surface area (Å²) in [6.45, 7) is 4.12. The van der Waals surface area contributed by atoms with Crippen LogP contribution in [0.2, 0.25) is 0 Å². The molecule has 3 N–H and O–H groups in total. The quantitative estimate of drug-likeness (QED) is 0.829. The van der Waals surface area contributed by atoms with Crippen molar-refractivity contribution in [2.75, 3.05) is 5.73 Å². The topological polar surface area (TPSA) is 64.1 Å². The van der Waals surface area contributed by atoms with E-state index in [1.807, 2.05) is 22.9 Å². The van der Waals surface area contributed by atoms with Crippen LogP contribution in [0.4, 0.5) is 5.69 Å². The Labute approximate surface area is 126 Å². The monoisotopic (exact) mass is 335 g/mol. The molecule has 4 nitrogen and oxygen atoms in total. The van der Waals surface area contributed by atoms with Gasteiger partial charge in [-0.1, -0.05) is 6.07 Å². The lowest BCUT2D eigenvalue weighted by molar-refractivity contribution is 0.0706. The zero-order chi connectivity index (χ0) is 14.5. The summed E-state index contributed by atoms with van der Waals surface area (Å²) in [4.78, 5) is 0. The molecule has 1 unspecified atom stereocenters. The van der Waals surface area contributed by atoms with E-state index in [0.717, 1.165) is 33.4 Å². The van der Waals surface area contributed by atoms with Gasteiger partial charge in [0.2, 0.25) is 0 Å². The Hall–Kier alpha value is -1.33. The van der Waals surface area contributed by atoms with Crippen LogP contribution in [0.3, 0.4) is 0 Å². The molecule has 2 aromatic rings. The van der Waals surface area contributed by atoms with E-state index >= 15 is 0 Å². The molecule has 1 atom stereocenters. The van der Waals surface area contributed by atoms with Crippen LogP contribution in [0.5, 0.6) is 0 Å². The minimum absolute atomic E-state index is 0.193. The predicted octanol–water partition coefficient (Wildman–Crippen LogP) is 2.99. The summed E-state index contributed by atoms with van der Waals surface area (Å²) in [5.41, 5.74) is 8.47. The number of hydrogen-bond donors (Lipinski definition) is 2. The van der Waals surface area contributed by atoms with Crippen LogP contribution in [0, 0.1) is 0 Å². The van der Waals surface area contributed by atoms with Crippen LogP contribution >= 0.6 is 15.9 Å². The highest BCUT2D eigenvalue weighted by Crippen LogP contribution is 2.45. The molecule has 0 saturated carbocycles. The molecule has 106 valence electrons. The number of aliphatic hydroxyl groups is 1. The molecular weight excluding hydrogens is 318 g/mol. The summed E-state index contributed by atoms with van der Waals surface area (Å²) in [5, 5.41) is 15.7. The Morgan fingerprint density at radius 2 is 2.20 bits per heavy atom. The Balaban J connectivity index is 2.19. The van der Waals surface area contributed by atoms with Crippen molar-refractivity contribution in [3.63, 3.8) is 0 Å². The highest BCUT2D eigenvalue weighted by molar-refractivity contribution is 9.10. The van der Waals surface area contributed by atoms with E-state index in [1.165, 1.54) is 0 Å². The van der Waals surface area contributed by atoms with Gasteiger partial charge in [0.1, 0.15) is 5.60 Å². The van der Waals surface area contributed by atoms with E-state index in [0.29, 0.717) is 6.42 Å². The van der Waals surface area contributed by atoms with Gasteiger partial charge in [0.05, 0.1) is 16.4 Å². The second kappa shape index (κ2) is 4.60. The van der Waals surface area contributed by atoms with Crippen LogP contribution in [0.15, 0.2) is 28.9 Å². The van der Waals surface area contributed by atoms with Gasteiger partial charge in [-0.15, -0.1) is 0 Å². The normalized spacial score (nSPS) is 21.4. The van der Waals surface area contributed by atoms with E-state index < -0.39 is 5.60 Å². The number of benzene rings is 1. The number of nitrogens with two attached hydrogens (primary N) is 1. The van der Waals surface area contributed by atoms with E-state index in [-0.39, 0.29) is 6.04 Å². The Kier molecular flexibility index (Phi) is 3.14. The smallest absolute Gasteiger partial charge is 0.133 e. The zero-order valence-electron chi connectivity index (χ0n) is 11.6. The molecule has 1 aliphatic rings. The number of aryl methyl sites for hydroxylation is 1. The summed E-state index contributed by atoms with van der Waals surface area (Å²) in [6, 6.07) is 5.93. The molecule has 0 fully saturated rings. The maximum atomic E-state index is 11.3. The number of nitrogen functional groups attached to an aromatic ring is 1. The summed E-state index contributed by atoms with van der Waals surface area (Å²) in [5.74, 6) is 0. The van der Waals surface area contributed by atoms with E-state index in [4.69, 9.17) is 5.73 Å². The molecule has 0 saturated heterocycles. The minimum Gasteiger partial charge on any atom is -0.399 e. The number of halogens is 1. The Morgan fingerprint density at radius 1 is 1.45 bits per heavy atom. The molecular formula is C15H18BrN3O. The van der Waals surface area contributed by atoms with Gasteiger partial charge in [-0.3, -0.25) is 4.68 Å². The lowest BCUT2D eigenvalue weighted by Gasteiger charge is -2.27. The highest BCUT2D eigenvalue weighted by atomic mass is 79.9. The average molecular weight is 336 g/mol. The van der Waals surface area contributed by atoms with Crippen molar-refractivity contribution in [1.29, 1.82) is 0 Å². The van der Waals surface area contributed by atoms with Crippen molar-refractivity contribution in [3.8, 4) is 0 Å². The number of fused-ring (bicyclic) bond motifs is 1. The summed E-state index contributed by atoms with van der Waals surface area (Å²) in [7, 11) is 0. The molecule has 0 amide bonds. The van der Waals surface area contributed by atoms with Gasteiger partial charge in [-0.25, -0.2) is 0 Å². The summed E-state index contributed by atoms with van der Waals surface area (Å²) >= 11 is 3.53. The molecule has 1 aromatic carbocycles. The fourth-order valence-corrected chi connectivity index (χ4v) is 3.64. The SMILES string of the molecule is CC(C)n1ncc(Br)c1C1(O)CCc2cc(N)ccc21. The molecule has 5 heteroatoms. The van der Waals surface area contributed by atoms with Crippen molar-refractivity contribution >= 4 is 21.6 Å². The van der Waals surface area contributed by atoms with Crippen LogP contribution in [0.1, 0.15) is 43.1 Å². The van der Waals surface area contributed by atoms with Crippen molar-refractivity contribution in [3.05, 3.63) is 45.7 Å². The van der Waals surface area contributed by atoms with Gasteiger partial charge < -0.3 is 10.8 Å². The molecule has 0 spiro atoms. The summed E-state index contributed by atoms with van der Waals surface area (Å²) in [6.07, 6.45) is 3.23. The number of hydrogen-bond acceptors (Lipinski definition) is 3. The molecule has 1 aliphatic carbocycles. The largest absolute Gasteiger partial charge is 0.399 e. The van der Waals surface area contributed by atoms with Crippen molar-refractivity contribution in [2.24, 2.45) is 0 Å². The Morgan fingerprint density at radius 3 is 2.90 bits per heavy atom. The second-order valence-corrected chi connectivity index (χ2v) is 6.51. The Bertz CT molecular complexity index is 665. The first-order valence-electron chi connectivity index (χ1n) is 6.78. The first-order valence-corrected chi connectivity index (χ1v) is 7.57. The average Bonchev–Trinajstić information content (AvgIpc) is 2.92. The lowest BCUT2D eigenvalue weighted by atomic mass is 9.92. The maximum absolute atomic E-state index is 11.3. The fraction of sp³-hybridized carbons (Fsp3) is 0.400. The fourth-order valence-electron chi connectivity index (χ4n) is 3.04. The summed E-state index contributed by atoms with van der Waals surface area (Å²) < 4.78 is 2.73. The predicted molar refractivity (Wildman–Crippen MR) is 82.5 cm³/mol. The van der Waals surface area contributed by atoms with Crippen LogP contribution in [-0.4, -0.2) is 14.9 Å². The van der Waals surface area contributed by atoms with E-state index in [9.17, 15) is 5.11 Å². The van der Waals surface area contributed by atoms with E-state index in [1.54, 1.807) is 6.20 Å². The van der Waals surface area contributed by atoms with Crippen molar-refractivity contribution in [1.82, 2.24) is 9.78 Å². The first-order chi connectivity index (χ1) is 9.43. The van der Waals surface area contributed by atoms with Gasteiger partial charge >= 0.3 is 0 Å². The molecule has 0 radical (unpaired) electrons. The van der Waals surface area contributed by atoms with E-state index in [2.05, 4.69) is 34.9 Å². The van der Waals surface area contributed by atoms with Crippen LogP contribution < -0.4 is 5.73 Å². The highest BCUT2D eigenvalue weighted by Gasteiger charge is 2.42. The molecule has 1 aromatic heterocycles. The number of anilines is 1. The number of rotatable bonds is 2. The van der Waals surface area contributed by atoms with Gasteiger partial charge in [-0.2, -0.15) is 5.10 Å². The number of aromatic nitrogens is 2. The molecule has 20 heavy (non-hydrogen) atoms. The van der Waals surface area contributed by atoms with Gasteiger partial charge in [0.15, 0.2) is 0 Å². The zero-order valence-corrected chi connectivity index (χ0v) is 13.2. The van der Waals surface area contributed by atoms with Crippen LogP contribution in [-0.2, 0) is 12.0 Å². The van der Waals surface area contributed by atoms with Gasteiger partial charge in [-0.05, 0) is 65.9 Å². The first kappa shape index (κ1) is 13.6. The molecule has 3 rings (SSSR count). The number of nitrogens with zero attached hydrogens (tertiary/aromatic N) is 2. The van der Waals surface area contributed by atoms with Crippen molar-refractivity contribution < 1.29 is 5.11 Å². The maximum Gasteiger partial charge on any atom is 0.133 e. The lowest BCUT2D eigenvalue weighted by Crippen LogP contribution is -2.29. The minimum atomic E-state index is -0.997.